The number of ether oxygens (including phenoxy) is 1. The molecular formula is C72H94N16O18. The van der Waals surface area contributed by atoms with Gasteiger partial charge in [0.2, 0.25) is 70.9 Å². The van der Waals surface area contributed by atoms with Crippen molar-refractivity contribution in [2.75, 3.05) is 19.7 Å². The van der Waals surface area contributed by atoms with Crippen LogP contribution in [0.15, 0.2) is 121 Å². The smallest absolute Gasteiger partial charge is 0.246 e. The molecule has 34 nitrogen and oxygen atoms in total. The fourth-order valence-corrected chi connectivity index (χ4v) is 12.7. The number of primary amides is 2. The van der Waals surface area contributed by atoms with Crippen LogP contribution in [-0.4, -0.2) is 221 Å². The van der Waals surface area contributed by atoms with Gasteiger partial charge in [0, 0.05) is 45.1 Å². The Balaban J connectivity index is 1.23. The number of aliphatic hydroxyl groups is 4. The molecule has 0 aliphatic carbocycles. The summed E-state index contributed by atoms with van der Waals surface area (Å²) in [5.41, 5.74) is 19.1. The Morgan fingerprint density at radius 1 is 0.519 bits per heavy atom. The van der Waals surface area contributed by atoms with Crippen molar-refractivity contribution in [3.63, 3.8) is 0 Å². The SMILES string of the molecule is CC(C)C[C@@H]1NC(=O)[C@H](CCCN)NC(=O)[C@H](Cc2cn([C@H]3O[C@H](CO)[C@@H](O)[C@H](O)[C@@H]3O)nn2)NC(=O)[C@H](Cc2ccc(O)cc2)NC(=O)[C@H](CCC(N)=O)NC(=O)[C@H](CC(N)=O)NC(=O)[C@@H](Cc2ccccc2)NC(=O)[C@H](Cc2ccccc2)NC(=O)[C@@H]2CCCN2C(=O)[C@@H](Cc2ccccc2)NC1=O. The maximum atomic E-state index is 15.3. The fourth-order valence-electron chi connectivity index (χ4n) is 12.7. The maximum absolute atomic E-state index is 15.3. The third kappa shape index (κ3) is 23.1. The first-order chi connectivity index (χ1) is 50.7. The first kappa shape index (κ1) is 80.9. The Morgan fingerprint density at radius 2 is 0.943 bits per heavy atom. The molecule has 4 heterocycles. The van der Waals surface area contributed by atoms with Crippen LogP contribution < -0.4 is 65.1 Å². The third-order valence-corrected chi connectivity index (χ3v) is 18.3. The first-order valence-electron chi connectivity index (χ1n) is 35.1. The predicted octanol–water partition coefficient (Wildman–Crippen LogP) is -4.24. The van der Waals surface area contributed by atoms with Crippen molar-refractivity contribution in [3.8, 4) is 5.75 Å². The Morgan fingerprint density at radius 3 is 1.43 bits per heavy atom. The summed E-state index contributed by atoms with van der Waals surface area (Å²) in [6.45, 7) is 2.74. The van der Waals surface area contributed by atoms with Gasteiger partial charge in [-0.05, 0) is 85.4 Å². The van der Waals surface area contributed by atoms with E-state index < -0.39 is 201 Å². The zero-order valence-corrected chi connectivity index (χ0v) is 58.7. The molecule has 20 N–H and O–H groups in total. The molecule has 12 amide bonds. The molecule has 570 valence electrons. The fraction of sp³-hybridized carbons (Fsp3) is 0.472. The topological polar surface area (TPSA) is 535 Å². The normalized spacial score (nSPS) is 26.7. The number of amides is 12. The van der Waals surface area contributed by atoms with E-state index in [0.717, 1.165) is 10.9 Å². The minimum Gasteiger partial charge on any atom is -0.508 e. The average molecular weight is 1470 g/mol. The van der Waals surface area contributed by atoms with Crippen molar-refractivity contribution in [2.24, 2.45) is 23.1 Å². The van der Waals surface area contributed by atoms with E-state index in [1.54, 1.807) is 105 Å². The molecule has 0 spiro atoms. The number of hydrogen-bond acceptors (Lipinski definition) is 21. The van der Waals surface area contributed by atoms with Gasteiger partial charge in [-0.25, -0.2) is 4.68 Å². The summed E-state index contributed by atoms with van der Waals surface area (Å²) in [7, 11) is 0. The number of carbonyl (C=O) groups is 12. The molecule has 3 saturated heterocycles. The molecule has 106 heavy (non-hydrogen) atoms. The van der Waals surface area contributed by atoms with E-state index in [-0.39, 0.29) is 81.0 Å². The molecule has 4 aromatic carbocycles. The number of phenols is 1. The van der Waals surface area contributed by atoms with Gasteiger partial charge in [-0.1, -0.05) is 122 Å². The van der Waals surface area contributed by atoms with Gasteiger partial charge < -0.3 is 100 Å². The van der Waals surface area contributed by atoms with E-state index in [1.165, 1.54) is 29.2 Å². The van der Waals surface area contributed by atoms with E-state index in [1.807, 2.05) is 0 Å². The van der Waals surface area contributed by atoms with Crippen molar-refractivity contribution in [1.29, 1.82) is 0 Å². The summed E-state index contributed by atoms with van der Waals surface area (Å²) in [5.74, 6) is -12.5. The third-order valence-electron chi connectivity index (χ3n) is 18.3. The van der Waals surface area contributed by atoms with Gasteiger partial charge in [0.05, 0.1) is 24.9 Å². The quantitative estimate of drug-likeness (QED) is 0.0312. The summed E-state index contributed by atoms with van der Waals surface area (Å²) < 4.78 is 6.59. The second kappa shape index (κ2) is 38.8. The van der Waals surface area contributed by atoms with Gasteiger partial charge in [-0.3, -0.25) is 57.5 Å². The van der Waals surface area contributed by atoms with Crippen molar-refractivity contribution >= 4 is 70.9 Å². The maximum Gasteiger partial charge on any atom is 0.246 e. The number of nitrogens with one attached hydrogen (secondary N) is 9. The number of rotatable bonds is 22. The largest absolute Gasteiger partial charge is 0.508 e. The van der Waals surface area contributed by atoms with Crippen LogP contribution in [0.2, 0.25) is 0 Å². The van der Waals surface area contributed by atoms with Gasteiger partial charge in [-0.2, -0.15) is 0 Å². The van der Waals surface area contributed by atoms with Crippen molar-refractivity contribution in [3.05, 3.63) is 149 Å². The lowest BCUT2D eigenvalue weighted by molar-refractivity contribution is -0.254. The summed E-state index contributed by atoms with van der Waals surface area (Å²) in [6.07, 6.45) is -10.8. The van der Waals surface area contributed by atoms with Crippen molar-refractivity contribution in [2.45, 2.75) is 188 Å². The molecule has 3 aliphatic heterocycles. The Labute approximate surface area is 610 Å². The minimum atomic E-state index is -1.93. The lowest BCUT2D eigenvalue weighted by Gasteiger charge is -2.39. The molecule has 3 aliphatic rings. The van der Waals surface area contributed by atoms with Gasteiger partial charge in [0.25, 0.3) is 0 Å². The van der Waals surface area contributed by atoms with Crippen LogP contribution in [0, 0.1) is 5.92 Å². The number of fused-ring (bicyclic) bond motifs is 1. The van der Waals surface area contributed by atoms with Crippen LogP contribution in [0.25, 0.3) is 0 Å². The Hall–Kier alpha value is -10.8. The molecule has 0 saturated carbocycles. The molecule has 0 unspecified atom stereocenters. The van der Waals surface area contributed by atoms with E-state index in [9.17, 15) is 59.1 Å². The zero-order chi connectivity index (χ0) is 76.7. The molecule has 34 heteroatoms. The number of hydrogen-bond donors (Lipinski definition) is 17. The number of phenolic OH excluding ortho intramolecular Hbond substituents is 1. The molecule has 15 atom stereocenters. The Bertz CT molecular complexity index is 3850. The van der Waals surface area contributed by atoms with E-state index in [2.05, 4.69) is 58.2 Å². The molecule has 3 fully saturated rings. The van der Waals surface area contributed by atoms with Crippen LogP contribution in [0.3, 0.4) is 0 Å². The Kier molecular flexibility index (Phi) is 29.6. The molecule has 5 aromatic rings. The second-order valence-corrected chi connectivity index (χ2v) is 27.0. The highest BCUT2D eigenvalue weighted by atomic mass is 16.6. The molecule has 1 aromatic heterocycles. The first-order valence-corrected chi connectivity index (χ1v) is 35.1. The number of nitrogens with two attached hydrogens (primary N) is 3. The summed E-state index contributed by atoms with van der Waals surface area (Å²) in [6, 6.07) is 14.8. The minimum absolute atomic E-state index is 0.0222. The monoisotopic (exact) mass is 1470 g/mol. The van der Waals surface area contributed by atoms with Crippen LogP contribution in [0.1, 0.15) is 99.4 Å². The molecule has 8 rings (SSSR count). The highest BCUT2D eigenvalue weighted by molar-refractivity contribution is 6.01. The van der Waals surface area contributed by atoms with Crippen LogP contribution >= 0.6 is 0 Å². The molecule has 0 radical (unpaired) electrons. The van der Waals surface area contributed by atoms with Crippen molar-refractivity contribution in [1.82, 2.24) is 67.7 Å². The number of nitrogens with zero attached hydrogens (tertiary/aromatic N) is 4. The highest BCUT2D eigenvalue weighted by Gasteiger charge is 2.46. The average Bonchev–Trinajstić information content (AvgIpc) is 1.54. The number of benzene rings is 4. The van der Waals surface area contributed by atoms with Gasteiger partial charge in [0.1, 0.15) is 90.6 Å². The molecular weight excluding hydrogens is 1380 g/mol. The molecule has 0 bridgehead atoms. The van der Waals surface area contributed by atoms with E-state index >= 15 is 24.0 Å². The van der Waals surface area contributed by atoms with E-state index in [0.29, 0.717) is 23.1 Å². The van der Waals surface area contributed by atoms with Crippen LogP contribution in [0.5, 0.6) is 5.75 Å². The van der Waals surface area contributed by atoms with Crippen LogP contribution in [-0.2, 0) is 94.4 Å². The number of aromatic nitrogens is 3. The number of carbonyl (C=O) groups excluding carboxylic acids is 12. The van der Waals surface area contributed by atoms with Crippen LogP contribution in [0.4, 0.5) is 0 Å². The lowest BCUT2D eigenvalue weighted by atomic mass is 9.98. The van der Waals surface area contributed by atoms with Crippen molar-refractivity contribution < 1.29 is 87.8 Å². The van der Waals surface area contributed by atoms with E-state index in [4.69, 9.17) is 21.9 Å². The second-order valence-electron chi connectivity index (χ2n) is 27.0. The number of aliphatic hydroxyl groups excluding tert-OH is 4. The van der Waals surface area contributed by atoms with Gasteiger partial charge in [0.15, 0.2) is 6.23 Å². The predicted molar refractivity (Wildman–Crippen MR) is 377 cm³/mol. The summed E-state index contributed by atoms with van der Waals surface area (Å²) in [5, 5.41) is 84.4. The zero-order valence-electron chi connectivity index (χ0n) is 58.7. The van der Waals surface area contributed by atoms with Gasteiger partial charge >= 0.3 is 0 Å². The standard InChI is InChI=1S/C72H94N16O18/c1-39(2)30-48-64(98)84-54(34-42-18-10-5-11-19-42)71(105)87-29-13-21-55(87)70(104)83-51(32-41-16-8-4-9-17-41)67(101)80-49(31-40-14-6-3-7-15-40)66(100)82-53(36-58(75)92)69(103)77-47(26-27-57(74)91)63(97)79-50(33-43-22-24-45(90)25-23-43)65(99)81-52(68(102)76-46(20-12-28-73)62(96)78-48)35-44-37-88(86-85-44)72-61(95)60(94)59(93)56(38-89)106-72/h3-11,14-19,22-25,37,39,46-56,59-61,72,89-90,93-95H,12-13,20-21,26-36,38,73H2,1-2H3,(H2,74,91)(H2,75,92)(H,76,102)(H,77,103)(H,78,96)(H,79,97)(H,80,101)(H,81,99)(H,82,100)(H,83,104)(H,84,98)/t46-,47-,48-,49+,50-,51-,52-,53-,54+,55-,56+,59+,60-,61-,72-/m0/s1. The lowest BCUT2D eigenvalue weighted by Crippen LogP contribution is -2.62. The summed E-state index contributed by atoms with van der Waals surface area (Å²) in [4.78, 5) is 177. The van der Waals surface area contributed by atoms with Gasteiger partial charge in [-0.15, -0.1) is 5.10 Å². The highest BCUT2D eigenvalue weighted by Crippen LogP contribution is 2.29. The number of aromatic hydroxyl groups is 1. The summed E-state index contributed by atoms with van der Waals surface area (Å²) >= 11 is 0.